The third kappa shape index (κ3) is 5.20. The standard InChI is InChI=1S/C13H15BS.C9H8N2/c1-2-12-8-9-15-13(12)14-10-11-6-4-3-5-7-11;1-2-4-8(5-3-1)9-10-6-7-11-9/h3-9,14H,2,10H2,1H3;1-7H,(H,10,11). The molecule has 0 unspecified atom stereocenters. The molecule has 0 bridgehead atoms. The molecule has 0 aliphatic carbocycles. The van der Waals surface area contributed by atoms with E-state index in [0.29, 0.717) is 0 Å². The maximum absolute atomic E-state index is 4.13. The number of aromatic amines is 1. The zero-order chi connectivity index (χ0) is 18.0. The van der Waals surface area contributed by atoms with E-state index in [9.17, 15) is 0 Å². The van der Waals surface area contributed by atoms with Gasteiger partial charge in [0.25, 0.3) is 0 Å². The third-order valence-corrected chi connectivity index (χ3v) is 5.27. The van der Waals surface area contributed by atoms with Crippen LogP contribution in [0.4, 0.5) is 0 Å². The van der Waals surface area contributed by atoms with Crippen molar-refractivity contribution < 1.29 is 0 Å². The van der Waals surface area contributed by atoms with Crippen molar-refractivity contribution in [3.63, 3.8) is 0 Å². The number of imidazole rings is 1. The molecule has 4 rings (SSSR count). The molecule has 0 aliphatic rings. The van der Waals surface area contributed by atoms with E-state index >= 15 is 0 Å². The first-order valence-corrected chi connectivity index (χ1v) is 9.88. The average molecular weight is 358 g/mol. The largest absolute Gasteiger partial charge is 0.345 e. The van der Waals surface area contributed by atoms with E-state index in [2.05, 4.69) is 58.7 Å². The lowest BCUT2D eigenvalue weighted by Gasteiger charge is -2.00. The van der Waals surface area contributed by atoms with E-state index in [4.69, 9.17) is 0 Å². The number of nitrogens with one attached hydrogen (secondary N) is 1. The van der Waals surface area contributed by atoms with Gasteiger partial charge in [-0.3, -0.25) is 0 Å². The van der Waals surface area contributed by atoms with E-state index < -0.39 is 0 Å². The van der Waals surface area contributed by atoms with Gasteiger partial charge in [-0.2, -0.15) is 11.3 Å². The zero-order valence-corrected chi connectivity index (χ0v) is 15.9. The van der Waals surface area contributed by atoms with Crippen molar-refractivity contribution in [3.05, 3.63) is 95.6 Å². The van der Waals surface area contributed by atoms with Gasteiger partial charge in [0.2, 0.25) is 0 Å². The summed E-state index contributed by atoms with van der Waals surface area (Å²) in [4.78, 5) is 7.17. The topological polar surface area (TPSA) is 28.7 Å². The number of aromatic nitrogens is 2. The number of H-pyrrole nitrogens is 1. The van der Waals surface area contributed by atoms with Crippen molar-refractivity contribution in [1.29, 1.82) is 0 Å². The zero-order valence-electron chi connectivity index (χ0n) is 15.1. The summed E-state index contributed by atoms with van der Waals surface area (Å²) in [7, 11) is 1.19. The minimum absolute atomic E-state index is 0.922. The molecule has 4 heteroatoms. The lowest BCUT2D eigenvalue weighted by molar-refractivity contribution is 1.16. The smallest absolute Gasteiger partial charge is 0.175 e. The number of thiophene rings is 1. The SMILES string of the molecule is CCc1ccsc1BCc1ccccc1.c1ccc(-c2ncc[nH]2)cc1. The molecular weight excluding hydrogens is 335 g/mol. The summed E-state index contributed by atoms with van der Waals surface area (Å²) >= 11 is 1.89. The second kappa shape index (κ2) is 9.78. The summed E-state index contributed by atoms with van der Waals surface area (Å²) in [6, 6.07) is 23.0. The van der Waals surface area contributed by atoms with Crippen molar-refractivity contribution in [2.75, 3.05) is 0 Å². The van der Waals surface area contributed by atoms with Crippen LogP contribution in [0.15, 0.2) is 84.5 Å². The molecule has 1 N–H and O–H groups in total. The van der Waals surface area contributed by atoms with E-state index in [1.165, 1.54) is 18.4 Å². The van der Waals surface area contributed by atoms with Crippen LogP contribution < -0.4 is 4.78 Å². The highest BCUT2D eigenvalue weighted by Crippen LogP contribution is 2.12. The van der Waals surface area contributed by atoms with Crippen LogP contribution in [0.1, 0.15) is 18.1 Å². The first-order chi connectivity index (χ1) is 12.9. The second-order valence-electron chi connectivity index (χ2n) is 6.01. The second-order valence-corrected chi connectivity index (χ2v) is 7.01. The lowest BCUT2D eigenvalue weighted by atomic mass is 9.69. The summed E-state index contributed by atoms with van der Waals surface area (Å²) in [5.41, 5.74) is 4.08. The molecule has 0 fully saturated rings. The molecule has 0 saturated carbocycles. The average Bonchev–Trinajstić information content (AvgIpc) is 3.40. The Labute approximate surface area is 160 Å². The highest BCUT2D eigenvalue weighted by molar-refractivity contribution is 7.20. The van der Waals surface area contributed by atoms with E-state index in [-0.39, 0.29) is 0 Å². The van der Waals surface area contributed by atoms with Gasteiger partial charge in [0, 0.05) is 18.0 Å². The molecule has 2 heterocycles. The molecule has 2 nitrogen and oxygen atoms in total. The third-order valence-electron chi connectivity index (χ3n) is 4.25. The molecule has 0 spiro atoms. The van der Waals surface area contributed by atoms with Gasteiger partial charge in [-0.05, 0) is 34.5 Å². The fourth-order valence-electron chi connectivity index (χ4n) is 2.82. The van der Waals surface area contributed by atoms with Crippen molar-refractivity contribution in [1.82, 2.24) is 9.97 Å². The maximum atomic E-state index is 4.13. The molecule has 2 aromatic carbocycles. The minimum atomic E-state index is 0.922. The van der Waals surface area contributed by atoms with Gasteiger partial charge in [0.1, 0.15) is 5.82 Å². The molecule has 0 atom stereocenters. The number of rotatable bonds is 5. The van der Waals surface area contributed by atoms with Crippen LogP contribution in [0.25, 0.3) is 11.4 Å². The van der Waals surface area contributed by atoms with Crippen LogP contribution in [0.2, 0.25) is 0 Å². The van der Waals surface area contributed by atoms with Gasteiger partial charge in [-0.1, -0.05) is 73.2 Å². The van der Waals surface area contributed by atoms with Crippen LogP contribution in [0.3, 0.4) is 0 Å². The molecule has 2 aromatic heterocycles. The molecular formula is C22H23BN2S. The molecule has 26 heavy (non-hydrogen) atoms. The fraction of sp³-hybridized carbons (Fsp3) is 0.136. The van der Waals surface area contributed by atoms with Crippen LogP contribution in [-0.2, 0) is 12.7 Å². The Morgan fingerprint density at radius 3 is 2.35 bits per heavy atom. The van der Waals surface area contributed by atoms with Crippen LogP contribution in [0, 0.1) is 0 Å². The van der Waals surface area contributed by atoms with Crippen LogP contribution in [-0.4, -0.2) is 17.2 Å². The summed E-state index contributed by atoms with van der Waals surface area (Å²) in [5, 5.41) is 2.21. The monoisotopic (exact) mass is 358 g/mol. The molecule has 0 amide bonds. The maximum Gasteiger partial charge on any atom is 0.175 e. The lowest BCUT2D eigenvalue weighted by Crippen LogP contribution is -2.16. The van der Waals surface area contributed by atoms with Crippen LogP contribution >= 0.6 is 11.3 Å². The highest BCUT2D eigenvalue weighted by Gasteiger charge is 2.04. The Bertz CT molecular complexity index is 871. The molecule has 4 aromatic rings. The molecule has 0 aliphatic heterocycles. The highest BCUT2D eigenvalue weighted by atomic mass is 32.1. The Hall–Kier alpha value is -2.59. The van der Waals surface area contributed by atoms with E-state index in [1.54, 1.807) is 11.0 Å². The van der Waals surface area contributed by atoms with Crippen molar-refractivity contribution >= 4 is 23.4 Å². The Balaban J connectivity index is 0.000000158. The Kier molecular flexibility index (Phi) is 6.85. The molecule has 0 radical (unpaired) electrons. The van der Waals surface area contributed by atoms with Crippen molar-refractivity contribution in [3.8, 4) is 11.4 Å². The van der Waals surface area contributed by atoms with Gasteiger partial charge in [0.15, 0.2) is 7.28 Å². The normalized spacial score (nSPS) is 10.0. The minimum Gasteiger partial charge on any atom is -0.345 e. The Morgan fingerprint density at radius 1 is 0.962 bits per heavy atom. The summed E-state index contributed by atoms with van der Waals surface area (Å²) in [5.74, 6) is 0.922. The van der Waals surface area contributed by atoms with Crippen molar-refractivity contribution in [2.24, 2.45) is 0 Å². The van der Waals surface area contributed by atoms with Crippen molar-refractivity contribution in [2.45, 2.75) is 19.7 Å². The summed E-state index contributed by atoms with van der Waals surface area (Å²) in [6.07, 6.45) is 5.90. The van der Waals surface area contributed by atoms with Gasteiger partial charge >= 0.3 is 0 Å². The van der Waals surface area contributed by atoms with Gasteiger partial charge < -0.3 is 4.98 Å². The quantitative estimate of drug-likeness (QED) is 0.517. The predicted octanol–water partition coefficient (Wildman–Crippen LogP) is 4.65. The number of hydrogen-bond acceptors (Lipinski definition) is 2. The first kappa shape index (κ1) is 18.2. The summed E-state index contributed by atoms with van der Waals surface area (Å²) < 4.78 is 1.56. The van der Waals surface area contributed by atoms with E-state index in [0.717, 1.165) is 24.1 Å². The number of aryl methyl sites for hydroxylation is 1. The van der Waals surface area contributed by atoms with E-state index in [1.807, 2.05) is 47.9 Å². The van der Waals surface area contributed by atoms with Gasteiger partial charge in [0.05, 0.1) is 0 Å². The number of benzene rings is 2. The van der Waals surface area contributed by atoms with Gasteiger partial charge in [-0.25, -0.2) is 4.98 Å². The van der Waals surface area contributed by atoms with Gasteiger partial charge in [-0.15, -0.1) is 0 Å². The fourth-order valence-corrected chi connectivity index (χ4v) is 3.80. The summed E-state index contributed by atoms with van der Waals surface area (Å²) in [6.45, 7) is 2.23. The predicted molar refractivity (Wildman–Crippen MR) is 115 cm³/mol. The van der Waals surface area contributed by atoms with Crippen LogP contribution in [0.5, 0.6) is 0 Å². The molecule has 0 saturated heterocycles. The Morgan fingerprint density at radius 2 is 1.69 bits per heavy atom. The molecule has 130 valence electrons. The number of hydrogen-bond donors (Lipinski definition) is 1. The number of nitrogens with zero attached hydrogens (tertiary/aromatic N) is 1. The first-order valence-electron chi connectivity index (χ1n) is 9.00.